The molecular formula is C19H18N2O2S2. The molecule has 0 unspecified atom stereocenters. The molecule has 2 aliphatic rings. The van der Waals surface area contributed by atoms with E-state index < -0.39 is 6.10 Å². The van der Waals surface area contributed by atoms with Gasteiger partial charge in [0.1, 0.15) is 0 Å². The zero-order valence-electron chi connectivity index (χ0n) is 13.6. The Kier molecular flexibility index (Phi) is 4.99. The number of carbonyl (C=O) groups is 1. The van der Waals surface area contributed by atoms with Crippen molar-refractivity contribution in [3.05, 3.63) is 65.7 Å². The van der Waals surface area contributed by atoms with Crippen molar-refractivity contribution in [1.29, 1.82) is 0 Å². The minimum Gasteiger partial charge on any atom is -0.382 e. The van der Waals surface area contributed by atoms with Gasteiger partial charge in [0.15, 0.2) is 0 Å². The molecule has 2 aromatic rings. The van der Waals surface area contributed by atoms with E-state index in [2.05, 4.69) is 22.6 Å². The highest BCUT2D eigenvalue weighted by Crippen LogP contribution is 2.45. The Balaban J connectivity index is 1.39. The van der Waals surface area contributed by atoms with E-state index in [1.165, 1.54) is 17.1 Å². The van der Waals surface area contributed by atoms with Gasteiger partial charge in [-0.2, -0.15) is 0 Å². The highest BCUT2D eigenvalue weighted by molar-refractivity contribution is 8.19. The maximum Gasteiger partial charge on any atom is 0.268 e. The number of hydrogen-bond acceptors (Lipinski definition) is 5. The van der Waals surface area contributed by atoms with Crippen LogP contribution in [0.25, 0.3) is 0 Å². The van der Waals surface area contributed by atoms with Crippen LogP contribution in [-0.2, 0) is 9.63 Å². The molecule has 0 bridgehead atoms. The van der Waals surface area contributed by atoms with E-state index in [0.717, 1.165) is 17.0 Å². The summed E-state index contributed by atoms with van der Waals surface area (Å²) in [5.74, 6) is 2.21. The van der Waals surface area contributed by atoms with E-state index in [1.54, 1.807) is 0 Å². The van der Waals surface area contributed by atoms with Crippen molar-refractivity contribution in [3.63, 3.8) is 0 Å². The minimum atomic E-state index is -0.575. The van der Waals surface area contributed by atoms with Crippen molar-refractivity contribution < 1.29 is 9.63 Å². The molecule has 0 spiro atoms. The molecule has 0 saturated carbocycles. The first kappa shape index (κ1) is 16.5. The van der Waals surface area contributed by atoms with Crippen LogP contribution in [0.5, 0.6) is 0 Å². The van der Waals surface area contributed by atoms with Gasteiger partial charge < -0.3 is 10.2 Å². The summed E-state index contributed by atoms with van der Waals surface area (Å²) >= 11 is 3.91. The third kappa shape index (κ3) is 3.85. The summed E-state index contributed by atoms with van der Waals surface area (Å²) in [6, 6.07) is 17.9. The van der Waals surface area contributed by atoms with E-state index in [4.69, 9.17) is 4.84 Å². The van der Waals surface area contributed by atoms with Gasteiger partial charge in [-0.15, -0.1) is 23.5 Å². The van der Waals surface area contributed by atoms with E-state index >= 15 is 0 Å². The molecular weight excluding hydrogens is 352 g/mol. The standard InChI is InChI=1S/C19H18N2O2S2/c22-18(17-12-16(21-23-17)13-5-2-1-3-6-13)20-15-8-4-7-14(11-15)19-24-9-10-25-19/h1-8,11,17,19H,9-10,12H2,(H,20,22)/t17-/m1/s1. The molecule has 25 heavy (non-hydrogen) atoms. The molecule has 2 heterocycles. The largest absolute Gasteiger partial charge is 0.382 e. The number of rotatable bonds is 4. The summed E-state index contributed by atoms with van der Waals surface area (Å²) in [6.45, 7) is 0. The maximum absolute atomic E-state index is 12.5. The van der Waals surface area contributed by atoms with Gasteiger partial charge in [-0.3, -0.25) is 4.79 Å². The summed E-state index contributed by atoms with van der Waals surface area (Å²) in [6.07, 6.45) is -0.0850. The van der Waals surface area contributed by atoms with Gasteiger partial charge in [0.25, 0.3) is 5.91 Å². The fourth-order valence-corrected chi connectivity index (χ4v) is 5.69. The molecule has 4 rings (SSSR count). The van der Waals surface area contributed by atoms with Crippen molar-refractivity contribution in [2.45, 2.75) is 17.1 Å². The quantitative estimate of drug-likeness (QED) is 0.872. The summed E-state index contributed by atoms with van der Waals surface area (Å²) in [5, 5.41) is 7.04. The zero-order chi connectivity index (χ0) is 17.1. The summed E-state index contributed by atoms with van der Waals surface area (Å²) in [5.41, 5.74) is 3.87. The Morgan fingerprint density at radius 2 is 1.88 bits per heavy atom. The van der Waals surface area contributed by atoms with Crippen molar-refractivity contribution in [1.82, 2.24) is 0 Å². The number of nitrogens with zero attached hydrogens (tertiary/aromatic N) is 1. The predicted octanol–water partition coefficient (Wildman–Crippen LogP) is 4.30. The Morgan fingerprint density at radius 1 is 1.08 bits per heavy atom. The highest BCUT2D eigenvalue weighted by Gasteiger charge is 2.29. The minimum absolute atomic E-state index is 0.154. The predicted molar refractivity (Wildman–Crippen MR) is 105 cm³/mol. The molecule has 0 aliphatic carbocycles. The van der Waals surface area contributed by atoms with Crippen LogP contribution in [-0.4, -0.2) is 29.2 Å². The second-order valence-electron chi connectivity index (χ2n) is 5.89. The van der Waals surface area contributed by atoms with Crippen molar-refractivity contribution in [2.24, 2.45) is 5.16 Å². The zero-order valence-corrected chi connectivity index (χ0v) is 15.2. The number of nitrogens with one attached hydrogen (secondary N) is 1. The molecule has 128 valence electrons. The van der Waals surface area contributed by atoms with Crippen LogP contribution in [0.1, 0.15) is 22.1 Å². The van der Waals surface area contributed by atoms with Crippen molar-refractivity contribution in [3.8, 4) is 0 Å². The summed E-state index contributed by atoms with van der Waals surface area (Å²) in [4.78, 5) is 17.9. The van der Waals surface area contributed by atoms with Crippen LogP contribution in [0.4, 0.5) is 5.69 Å². The average Bonchev–Trinajstić information content (AvgIpc) is 3.35. The number of anilines is 1. The lowest BCUT2D eigenvalue weighted by molar-refractivity contribution is -0.125. The Labute approximate surface area is 155 Å². The van der Waals surface area contributed by atoms with Gasteiger partial charge in [-0.05, 0) is 23.3 Å². The molecule has 1 amide bonds. The van der Waals surface area contributed by atoms with Crippen LogP contribution >= 0.6 is 23.5 Å². The Hall–Kier alpha value is -1.92. The fourth-order valence-electron chi connectivity index (χ4n) is 2.86. The Bertz CT molecular complexity index is 789. The monoisotopic (exact) mass is 370 g/mol. The topological polar surface area (TPSA) is 50.7 Å². The molecule has 2 aromatic carbocycles. The molecule has 1 saturated heterocycles. The lowest BCUT2D eigenvalue weighted by atomic mass is 10.0. The van der Waals surface area contributed by atoms with E-state index in [-0.39, 0.29) is 5.91 Å². The lowest BCUT2D eigenvalue weighted by Gasteiger charge is -2.13. The van der Waals surface area contributed by atoms with Crippen LogP contribution < -0.4 is 5.32 Å². The van der Waals surface area contributed by atoms with Gasteiger partial charge in [0, 0.05) is 23.6 Å². The van der Waals surface area contributed by atoms with Crippen LogP contribution in [0.15, 0.2) is 59.8 Å². The maximum atomic E-state index is 12.5. The normalized spacial score (nSPS) is 20.2. The number of hydrogen-bond donors (Lipinski definition) is 1. The molecule has 6 heteroatoms. The number of carbonyl (C=O) groups excluding carboxylic acids is 1. The Morgan fingerprint density at radius 3 is 2.68 bits per heavy atom. The van der Waals surface area contributed by atoms with Gasteiger partial charge in [-0.1, -0.05) is 47.6 Å². The van der Waals surface area contributed by atoms with Gasteiger partial charge >= 0.3 is 0 Å². The average molecular weight is 370 g/mol. The molecule has 0 radical (unpaired) electrons. The first-order valence-corrected chi connectivity index (χ1v) is 10.3. The van der Waals surface area contributed by atoms with Gasteiger partial charge in [0.05, 0.1) is 10.3 Å². The van der Waals surface area contributed by atoms with E-state index in [1.807, 2.05) is 66.0 Å². The second-order valence-corrected chi connectivity index (χ2v) is 8.61. The summed E-state index contributed by atoms with van der Waals surface area (Å²) in [7, 11) is 0. The number of thioether (sulfide) groups is 2. The molecule has 1 atom stereocenters. The SMILES string of the molecule is O=C(Nc1cccc(C2SCCS2)c1)[C@H]1CC(c2ccccc2)=NO1. The lowest BCUT2D eigenvalue weighted by Crippen LogP contribution is -2.28. The van der Waals surface area contributed by atoms with Crippen LogP contribution in [0.3, 0.4) is 0 Å². The van der Waals surface area contributed by atoms with Crippen LogP contribution in [0, 0.1) is 0 Å². The summed E-state index contributed by atoms with van der Waals surface area (Å²) < 4.78 is 0.465. The number of benzene rings is 2. The van der Waals surface area contributed by atoms with Gasteiger partial charge in [0.2, 0.25) is 6.10 Å². The highest BCUT2D eigenvalue weighted by atomic mass is 32.2. The molecule has 2 aliphatic heterocycles. The second kappa shape index (κ2) is 7.54. The first-order chi connectivity index (χ1) is 12.3. The van der Waals surface area contributed by atoms with Crippen LogP contribution in [0.2, 0.25) is 0 Å². The third-order valence-electron chi connectivity index (χ3n) is 4.12. The fraction of sp³-hybridized carbons (Fsp3) is 0.263. The van der Waals surface area contributed by atoms with E-state index in [0.29, 0.717) is 11.0 Å². The first-order valence-electron chi connectivity index (χ1n) is 8.22. The molecule has 0 aromatic heterocycles. The van der Waals surface area contributed by atoms with Crippen molar-refractivity contribution >= 4 is 40.8 Å². The van der Waals surface area contributed by atoms with Crippen molar-refractivity contribution in [2.75, 3.05) is 16.8 Å². The molecule has 1 fully saturated rings. The molecule has 4 nitrogen and oxygen atoms in total. The number of oxime groups is 1. The number of amides is 1. The van der Waals surface area contributed by atoms with Gasteiger partial charge in [-0.25, -0.2) is 0 Å². The molecule has 1 N–H and O–H groups in total. The smallest absolute Gasteiger partial charge is 0.268 e. The third-order valence-corrected chi connectivity index (χ3v) is 7.22. The van der Waals surface area contributed by atoms with E-state index in [9.17, 15) is 4.79 Å².